The minimum atomic E-state index is -0.516. The number of nitrogens with one attached hydrogen (secondary N) is 3. The number of pyridine rings is 1. The lowest BCUT2D eigenvalue weighted by Gasteiger charge is -2.35. The first-order valence-electron chi connectivity index (χ1n) is 8.81. The van der Waals surface area contributed by atoms with Gasteiger partial charge in [-0.1, -0.05) is 11.3 Å². The first-order chi connectivity index (χ1) is 13.5. The summed E-state index contributed by atoms with van der Waals surface area (Å²) in [4.78, 5) is 53.1. The number of hydrogen-bond acceptors (Lipinski definition) is 8. The van der Waals surface area contributed by atoms with E-state index in [4.69, 9.17) is 0 Å². The molecular formula is C17H19N7O3S. The van der Waals surface area contributed by atoms with E-state index in [1.165, 1.54) is 11.3 Å². The van der Waals surface area contributed by atoms with Crippen LogP contribution in [0.15, 0.2) is 27.9 Å². The van der Waals surface area contributed by atoms with Crippen molar-refractivity contribution in [3.63, 3.8) is 0 Å². The monoisotopic (exact) mass is 401 g/mol. The van der Waals surface area contributed by atoms with Crippen molar-refractivity contribution >= 4 is 33.3 Å². The molecule has 0 spiro atoms. The third-order valence-corrected chi connectivity index (χ3v) is 5.60. The molecule has 0 radical (unpaired) electrons. The lowest BCUT2D eigenvalue weighted by Crippen LogP contribution is -2.46. The van der Waals surface area contributed by atoms with Crippen molar-refractivity contribution in [2.75, 3.05) is 38.1 Å². The summed E-state index contributed by atoms with van der Waals surface area (Å²) in [5.41, 5.74) is 0.682. The zero-order valence-electron chi connectivity index (χ0n) is 15.2. The molecule has 4 heterocycles. The second kappa shape index (κ2) is 7.52. The second-order valence-electron chi connectivity index (χ2n) is 6.44. The van der Waals surface area contributed by atoms with Gasteiger partial charge in [0, 0.05) is 33.2 Å². The number of hydrogen-bond donors (Lipinski definition) is 3. The quantitative estimate of drug-likeness (QED) is 0.550. The van der Waals surface area contributed by atoms with Gasteiger partial charge < -0.3 is 10.2 Å². The highest BCUT2D eigenvalue weighted by Gasteiger charge is 2.20. The second-order valence-corrected chi connectivity index (χ2v) is 7.52. The molecule has 0 atom stereocenters. The number of nitrogens with zero attached hydrogens (tertiary/aromatic N) is 4. The van der Waals surface area contributed by atoms with Crippen LogP contribution in [-0.4, -0.2) is 64.0 Å². The van der Waals surface area contributed by atoms with Crippen molar-refractivity contribution in [3.05, 3.63) is 49.9 Å². The minimum absolute atomic E-state index is 0.201. The Bertz CT molecular complexity index is 1110. The van der Waals surface area contributed by atoms with Crippen molar-refractivity contribution in [3.8, 4) is 0 Å². The minimum Gasteiger partial charge on any atom is -0.368 e. The zero-order valence-corrected chi connectivity index (χ0v) is 16.0. The molecule has 28 heavy (non-hydrogen) atoms. The molecule has 0 aromatic carbocycles. The summed E-state index contributed by atoms with van der Waals surface area (Å²) in [5.74, 6) is -0.201. The third-order valence-electron chi connectivity index (χ3n) is 4.64. The molecule has 1 amide bonds. The van der Waals surface area contributed by atoms with E-state index in [0.29, 0.717) is 17.1 Å². The van der Waals surface area contributed by atoms with Gasteiger partial charge in [-0.15, -0.1) is 0 Å². The summed E-state index contributed by atoms with van der Waals surface area (Å²) in [6.45, 7) is 3.94. The number of aromatic amines is 2. The summed E-state index contributed by atoms with van der Waals surface area (Å²) in [6, 6.07) is 3.63. The van der Waals surface area contributed by atoms with E-state index < -0.39 is 11.2 Å². The number of thiazole rings is 1. The molecule has 0 unspecified atom stereocenters. The van der Waals surface area contributed by atoms with E-state index in [-0.39, 0.29) is 11.4 Å². The molecule has 0 bridgehead atoms. The van der Waals surface area contributed by atoms with Gasteiger partial charge in [0.2, 0.25) is 0 Å². The molecular weight excluding hydrogens is 382 g/mol. The highest BCUT2D eigenvalue weighted by molar-refractivity contribution is 7.18. The van der Waals surface area contributed by atoms with E-state index in [2.05, 4.69) is 35.1 Å². The Hall–Kier alpha value is -3.05. The number of carbonyl (C=O) groups is 1. The number of amides is 1. The van der Waals surface area contributed by atoms with Gasteiger partial charge in [-0.3, -0.25) is 24.5 Å². The van der Waals surface area contributed by atoms with E-state index in [1.54, 1.807) is 19.3 Å². The fraction of sp³-hybridized carbons (Fsp3) is 0.353. The molecule has 3 aromatic heterocycles. The Balaban J connectivity index is 1.39. The van der Waals surface area contributed by atoms with Crippen molar-refractivity contribution < 1.29 is 4.79 Å². The third kappa shape index (κ3) is 3.66. The van der Waals surface area contributed by atoms with Crippen LogP contribution in [0.5, 0.6) is 0 Å². The average Bonchev–Trinajstić information content (AvgIpc) is 3.11. The Labute approximate surface area is 163 Å². The van der Waals surface area contributed by atoms with Crippen LogP contribution in [0.2, 0.25) is 0 Å². The number of piperazine rings is 1. The Morgan fingerprint density at radius 1 is 1.21 bits per heavy atom. The Morgan fingerprint density at radius 3 is 2.68 bits per heavy atom. The van der Waals surface area contributed by atoms with Crippen LogP contribution in [0, 0.1) is 0 Å². The predicted molar refractivity (Wildman–Crippen MR) is 106 cm³/mol. The maximum atomic E-state index is 11.8. The molecule has 1 aliphatic heterocycles. The lowest BCUT2D eigenvalue weighted by molar-refractivity contribution is 0.0958. The fourth-order valence-corrected chi connectivity index (χ4v) is 4.16. The van der Waals surface area contributed by atoms with E-state index in [9.17, 15) is 14.4 Å². The lowest BCUT2D eigenvalue weighted by atomic mass is 10.2. The molecule has 11 heteroatoms. The number of carbonyl (C=O) groups excluding carboxylic acids is 1. The van der Waals surface area contributed by atoms with Crippen molar-refractivity contribution in [2.24, 2.45) is 0 Å². The maximum Gasteiger partial charge on any atom is 0.326 e. The van der Waals surface area contributed by atoms with E-state index >= 15 is 0 Å². The highest BCUT2D eigenvalue weighted by Crippen LogP contribution is 2.20. The van der Waals surface area contributed by atoms with Gasteiger partial charge in [-0.2, -0.15) is 0 Å². The van der Waals surface area contributed by atoms with Crippen molar-refractivity contribution in [2.45, 2.75) is 6.54 Å². The summed E-state index contributed by atoms with van der Waals surface area (Å²) >= 11 is 1.33. The maximum absolute atomic E-state index is 11.8. The summed E-state index contributed by atoms with van der Waals surface area (Å²) < 4.78 is 0. The molecule has 1 saturated heterocycles. The van der Waals surface area contributed by atoms with Gasteiger partial charge in [-0.05, 0) is 12.1 Å². The molecule has 1 aliphatic rings. The van der Waals surface area contributed by atoms with Gasteiger partial charge in [0.05, 0.1) is 18.4 Å². The van der Waals surface area contributed by atoms with Gasteiger partial charge >= 0.3 is 5.69 Å². The summed E-state index contributed by atoms with van der Waals surface area (Å²) in [5, 5.41) is 3.36. The molecule has 1 fully saturated rings. The molecule has 146 valence electrons. The number of rotatable bonds is 4. The zero-order chi connectivity index (χ0) is 19.7. The largest absolute Gasteiger partial charge is 0.368 e. The van der Waals surface area contributed by atoms with Crippen LogP contribution in [-0.2, 0) is 6.54 Å². The number of fused-ring (bicyclic) bond motifs is 1. The van der Waals surface area contributed by atoms with E-state index in [0.717, 1.165) is 36.9 Å². The van der Waals surface area contributed by atoms with Crippen LogP contribution in [0.3, 0.4) is 0 Å². The van der Waals surface area contributed by atoms with Crippen LogP contribution in [0.25, 0.3) is 10.3 Å². The Morgan fingerprint density at radius 2 is 2.00 bits per heavy atom. The molecule has 0 aliphatic carbocycles. The van der Waals surface area contributed by atoms with Gasteiger partial charge in [0.25, 0.3) is 11.5 Å². The highest BCUT2D eigenvalue weighted by atomic mass is 32.1. The molecule has 10 nitrogen and oxygen atoms in total. The van der Waals surface area contributed by atoms with Crippen LogP contribution < -0.4 is 21.5 Å². The first kappa shape index (κ1) is 18.3. The number of anilines is 1. The van der Waals surface area contributed by atoms with Crippen molar-refractivity contribution in [1.29, 1.82) is 0 Å². The number of H-pyrrole nitrogens is 2. The molecule has 3 aromatic rings. The fourth-order valence-electron chi connectivity index (χ4n) is 3.16. The van der Waals surface area contributed by atoms with E-state index in [1.807, 2.05) is 6.07 Å². The van der Waals surface area contributed by atoms with Gasteiger partial charge in [-0.25, -0.2) is 14.8 Å². The van der Waals surface area contributed by atoms with Gasteiger partial charge in [0.15, 0.2) is 5.52 Å². The SMILES string of the molecule is CNC(=O)c1ccc(N2CCN(Cc3nc4c(=O)[nH]c(=O)[nH]c4s3)CC2)cn1. The van der Waals surface area contributed by atoms with Crippen LogP contribution in [0.4, 0.5) is 5.69 Å². The standard InChI is InChI=1S/C17H19N7O3S/c1-18-14(25)11-3-2-10(8-19-11)24-6-4-23(5-7-24)9-12-20-13-15(26)21-17(27)22-16(13)28-12/h2-3,8H,4-7,9H2,1H3,(H,18,25)(H2,21,22,26,27). The smallest absolute Gasteiger partial charge is 0.326 e. The molecule has 0 saturated carbocycles. The van der Waals surface area contributed by atoms with Crippen LogP contribution in [0.1, 0.15) is 15.5 Å². The van der Waals surface area contributed by atoms with Crippen LogP contribution >= 0.6 is 11.3 Å². The molecule has 3 N–H and O–H groups in total. The topological polar surface area (TPSA) is 127 Å². The van der Waals surface area contributed by atoms with Crippen molar-refractivity contribution in [1.82, 2.24) is 30.2 Å². The Kier molecular flexibility index (Phi) is 4.92. The number of aromatic nitrogens is 4. The predicted octanol–water partition coefficient (Wildman–Crippen LogP) is -0.250. The molecule has 4 rings (SSSR count). The van der Waals surface area contributed by atoms with Gasteiger partial charge in [0.1, 0.15) is 15.5 Å². The summed E-state index contributed by atoms with van der Waals surface area (Å²) in [6.07, 6.45) is 1.72. The normalized spacial score (nSPS) is 15.1. The first-order valence-corrected chi connectivity index (χ1v) is 9.62. The summed E-state index contributed by atoms with van der Waals surface area (Å²) in [7, 11) is 1.58. The average molecular weight is 401 g/mol.